The van der Waals surface area contributed by atoms with E-state index in [1.54, 1.807) is 0 Å². The first kappa shape index (κ1) is 76.1. The summed E-state index contributed by atoms with van der Waals surface area (Å²) in [6.07, 6.45) is 35.3. The van der Waals surface area contributed by atoms with Crippen molar-refractivity contribution in [3.8, 4) is 0 Å². The average Bonchev–Trinajstić information content (AvgIpc) is 3.40. The molecule has 0 aromatic carbocycles. The molecular formula is C59H114O17P2. The van der Waals surface area contributed by atoms with E-state index >= 15 is 0 Å². The van der Waals surface area contributed by atoms with Crippen molar-refractivity contribution < 1.29 is 80.2 Å². The normalized spacial score (nSPS) is 14.4. The van der Waals surface area contributed by atoms with E-state index in [2.05, 4.69) is 34.6 Å². The number of carbonyl (C=O) groups is 4. The predicted octanol–water partition coefficient (Wildman–Crippen LogP) is 15.8. The maximum absolute atomic E-state index is 12.9. The Hall–Kier alpha value is -1.94. The summed E-state index contributed by atoms with van der Waals surface area (Å²) in [4.78, 5) is 71.7. The molecule has 5 atom stereocenters. The summed E-state index contributed by atoms with van der Waals surface area (Å²) in [6.45, 7) is 6.97. The van der Waals surface area contributed by atoms with Crippen LogP contribution in [0.2, 0.25) is 0 Å². The van der Waals surface area contributed by atoms with Crippen LogP contribution in [-0.2, 0) is 65.4 Å². The minimum absolute atomic E-state index is 0.101. The highest BCUT2D eigenvalue weighted by molar-refractivity contribution is 7.47. The molecule has 462 valence electrons. The number of ether oxygens (including phenoxy) is 4. The molecule has 3 N–H and O–H groups in total. The van der Waals surface area contributed by atoms with Gasteiger partial charge in [0.15, 0.2) is 12.2 Å². The maximum Gasteiger partial charge on any atom is 0.472 e. The van der Waals surface area contributed by atoms with Crippen LogP contribution in [0.5, 0.6) is 0 Å². The summed E-state index contributed by atoms with van der Waals surface area (Å²) in [6, 6.07) is 0. The van der Waals surface area contributed by atoms with Gasteiger partial charge in [0.1, 0.15) is 19.3 Å². The zero-order chi connectivity index (χ0) is 57.8. The van der Waals surface area contributed by atoms with Gasteiger partial charge in [-0.15, -0.1) is 0 Å². The third-order valence-electron chi connectivity index (χ3n) is 13.5. The van der Waals surface area contributed by atoms with Gasteiger partial charge in [-0.05, 0) is 31.6 Å². The van der Waals surface area contributed by atoms with Gasteiger partial charge in [-0.1, -0.05) is 240 Å². The van der Waals surface area contributed by atoms with Gasteiger partial charge in [0.2, 0.25) is 0 Å². The molecule has 2 unspecified atom stereocenters. The summed E-state index contributed by atoms with van der Waals surface area (Å²) in [5.41, 5.74) is 0. The van der Waals surface area contributed by atoms with Gasteiger partial charge in [-0.2, -0.15) is 0 Å². The van der Waals surface area contributed by atoms with Crippen LogP contribution in [0, 0.1) is 5.92 Å². The second-order valence-electron chi connectivity index (χ2n) is 21.9. The fraction of sp³-hybridized carbons (Fsp3) is 0.932. The van der Waals surface area contributed by atoms with E-state index in [0.29, 0.717) is 31.6 Å². The Morgan fingerprint density at radius 3 is 0.872 bits per heavy atom. The number of rotatable bonds is 59. The number of phosphoric ester groups is 2. The minimum Gasteiger partial charge on any atom is -0.462 e. The Morgan fingerprint density at radius 1 is 0.346 bits per heavy atom. The SMILES string of the molecule is CCCCCCCCCCCCCCCC(=O)O[C@H](COC(=O)CCCCCCCCCCCCC)COP(=O)(O)OC[C@@H](O)COP(=O)(O)OC[C@@H](COC(=O)CCCCCCC)OC(=O)CCCCCCCCC(C)C. The molecule has 0 aliphatic rings. The number of hydrogen-bond acceptors (Lipinski definition) is 15. The lowest BCUT2D eigenvalue weighted by Gasteiger charge is -2.21. The number of hydrogen-bond donors (Lipinski definition) is 3. The van der Waals surface area contributed by atoms with E-state index in [1.807, 2.05) is 0 Å². The van der Waals surface area contributed by atoms with Gasteiger partial charge in [-0.3, -0.25) is 37.3 Å². The van der Waals surface area contributed by atoms with Crippen molar-refractivity contribution in [2.45, 2.75) is 310 Å². The first-order chi connectivity index (χ1) is 37.5. The summed E-state index contributed by atoms with van der Waals surface area (Å²) < 4.78 is 67.6. The lowest BCUT2D eigenvalue weighted by atomic mass is 10.0. The average molecular weight is 1160 g/mol. The van der Waals surface area contributed by atoms with Crippen molar-refractivity contribution >= 4 is 39.5 Å². The van der Waals surface area contributed by atoms with Crippen molar-refractivity contribution in [1.29, 1.82) is 0 Å². The Morgan fingerprint density at radius 2 is 0.590 bits per heavy atom. The molecule has 0 saturated heterocycles. The van der Waals surface area contributed by atoms with Crippen molar-refractivity contribution in [2.75, 3.05) is 39.6 Å². The molecule has 17 nitrogen and oxygen atoms in total. The van der Waals surface area contributed by atoms with Crippen LogP contribution in [-0.4, -0.2) is 96.7 Å². The number of esters is 4. The molecule has 0 spiro atoms. The van der Waals surface area contributed by atoms with Crippen LogP contribution in [0.3, 0.4) is 0 Å². The monoisotopic (exact) mass is 1160 g/mol. The van der Waals surface area contributed by atoms with E-state index in [1.165, 1.54) is 109 Å². The first-order valence-electron chi connectivity index (χ1n) is 31.1. The third kappa shape index (κ3) is 53.4. The Balaban J connectivity index is 5.18. The number of phosphoric acid groups is 2. The minimum atomic E-state index is -4.94. The van der Waals surface area contributed by atoms with Crippen LogP contribution >= 0.6 is 15.6 Å². The highest BCUT2D eigenvalue weighted by atomic mass is 31.2. The van der Waals surface area contributed by atoms with Gasteiger partial charge < -0.3 is 33.8 Å². The lowest BCUT2D eigenvalue weighted by Crippen LogP contribution is -2.30. The van der Waals surface area contributed by atoms with Gasteiger partial charge >= 0.3 is 39.5 Å². The molecule has 0 radical (unpaired) electrons. The van der Waals surface area contributed by atoms with E-state index in [0.717, 1.165) is 96.3 Å². The van der Waals surface area contributed by atoms with E-state index in [-0.39, 0.29) is 25.7 Å². The molecule has 0 aromatic heterocycles. The number of aliphatic hydroxyl groups excluding tert-OH is 1. The van der Waals surface area contributed by atoms with Crippen molar-refractivity contribution in [3.63, 3.8) is 0 Å². The summed E-state index contributed by atoms with van der Waals surface area (Å²) >= 11 is 0. The molecule has 0 fully saturated rings. The van der Waals surface area contributed by atoms with Crippen LogP contribution in [0.4, 0.5) is 0 Å². The van der Waals surface area contributed by atoms with Gasteiger partial charge in [0.05, 0.1) is 26.4 Å². The van der Waals surface area contributed by atoms with Gasteiger partial charge in [0.25, 0.3) is 0 Å². The summed E-state index contributed by atoms with van der Waals surface area (Å²) in [5, 5.41) is 10.5. The summed E-state index contributed by atoms with van der Waals surface area (Å²) in [7, 11) is -9.87. The van der Waals surface area contributed by atoms with Crippen molar-refractivity contribution in [3.05, 3.63) is 0 Å². The van der Waals surface area contributed by atoms with Crippen LogP contribution in [0.15, 0.2) is 0 Å². The molecule has 78 heavy (non-hydrogen) atoms. The van der Waals surface area contributed by atoms with E-state index in [9.17, 15) is 43.2 Å². The van der Waals surface area contributed by atoms with E-state index < -0.39 is 97.5 Å². The molecule has 0 bridgehead atoms. The highest BCUT2D eigenvalue weighted by Crippen LogP contribution is 2.45. The van der Waals surface area contributed by atoms with Crippen LogP contribution in [0.1, 0.15) is 291 Å². The topological polar surface area (TPSA) is 237 Å². The molecule has 0 saturated carbocycles. The molecule has 0 aliphatic heterocycles. The first-order valence-corrected chi connectivity index (χ1v) is 34.1. The second kappa shape index (κ2) is 53.1. The zero-order valence-corrected chi connectivity index (χ0v) is 51.6. The molecule has 0 aromatic rings. The van der Waals surface area contributed by atoms with Crippen molar-refractivity contribution in [2.24, 2.45) is 5.92 Å². The summed E-state index contributed by atoms with van der Waals surface area (Å²) in [5.74, 6) is -1.48. The molecule has 0 heterocycles. The van der Waals surface area contributed by atoms with E-state index in [4.69, 9.17) is 37.0 Å². The lowest BCUT2D eigenvalue weighted by molar-refractivity contribution is -0.161. The Bertz CT molecular complexity index is 1530. The quantitative estimate of drug-likeness (QED) is 0.0222. The van der Waals surface area contributed by atoms with Crippen molar-refractivity contribution in [1.82, 2.24) is 0 Å². The molecule has 19 heteroatoms. The van der Waals surface area contributed by atoms with Gasteiger partial charge in [-0.25, -0.2) is 9.13 Å². The van der Waals surface area contributed by atoms with Crippen LogP contribution < -0.4 is 0 Å². The Kier molecular flexibility index (Phi) is 51.8. The number of aliphatic hydroxyl groups is 1. The maximum atomic E-state index is 12.9. The fourth-order valence-corrected chi connectivity index (χ4v) is 10.3. The third-order valence-corrected chi connectivity index (χ3v) is 15.4. The zero-order valence-electron chi connectivity index (χ0n) is 49.8. The predicted molar refractivity (Wildman–Crippen MR) is 308 cm³/mol. The number of unbranched alkanes of at least 4 members (excludes halogenated alkanes) is 31. The van der Waals surface area contributed by atoms with Crippen LogP contribution in [0.25, 0.3) is 0 Å². The standard InChI is InChI=1S/C59H114O17P2/c1-6-9-12-15-17-19-21-22-24-26-28-34-39-44-58(63)75-55(49-70-57(62)43-38-33-27-25-23-20-18-16-13-10-7-2)51-74-78(67,68)72-47-53(60)46-71-77(65,66)73-50-54(48-69-56(61)42-37-31-14-11-8-3)76-59(64)45-40-35-30-29-32-36-41-52(4)5/h52-55,60H,6-51H2,1-5H3,(H,65,66)(H,67,68)/t53-,54+,55+/m0/s1. The highest BCUT2D eigenvalue weighted by Gasteiger charge is 2.30. The molecule has 0 rings (SSSR count). The fourth-order valence-electron chi connectivity index (χ4n) is 8.70. The molecule has 0 amide bonds. The smallest absolute Gasteiger partial charge is 0.462 e. The molecule has 0 aliphatic carbocycles. The molecular weight excluding hydrogens is 1040 g/mol. The largest absolute Gasteiger partial charge is 0.472 e. The Labute approximate surface area is 473 Å². The van der Waals surface area contributed by atoms with Gasteiger partial charge in [0, 0.05) is 25.7 Å². The number of carbonyl (C=O) groups excluding carboxylic acids is 4. The second-order valence-corrected chi connectivity index (χ2v) is 24.8.